The van der Waals surface area contributed by atoms with Gasteiger partial charge in [0.25, 0.3) is 5.91 Å². The van der Waals surface area contributed by atoms with Crippen molar-refractivity contribution in [2.45, 2.75) is 13.0 Å². The van der Waals surface area contributed by atoms with Crippen molar-refractivity contribution in [3.05, 3.63) is 46.7 Å². The topological polar surface area (TPSA) is 88.1 Å². The molecule has 2 aromatic rings. The summed E-state index contributed by atoms with van der Waals surface area (Å²) in [6.07, 6.45) is 2.56. The number of carbonyl (C=O) groups is 1. The molecule has 1 atom stereocenters. The molecule has 0 radical (unpaired) electrons. The molecule has 1 amide bonds. The smallest absolute Gasteiger partial charge is 0.263 e. The van der Waals surface area contributed by atoms with E-state index in [1.165, 1.54) is 31.6 Å². The standard InChI is InChI=1S/C16H19N3O4S2/c1-12(16(20)18-17-11-15-5-4-10-24-15)19(25(3,21)22)13-6-8-14(23-2)9-7-13/h4-12H,1-3H3,(H,18,20)/b17-11-/t12-/m0/s1. The Balaban J connectivity index is 2.17. The lowest BCUT2D eigenvalue weighted by Crippen LogP contribution is -2.46. The number of hydrazone groups is 1. The highest BCUT2D eigenvalue weighted by molar-refractivity contribution is 7.92. The van der Waals surface area contributed by atoms with Crippen LogP contribution in [0.1, 0.15) is 11.8 Å². The van der Waals surface area contributed by atoms with Crippen LogP contribution in [0.3, 0.4) is 0 Å². The van der Waals surface area contributed by atoms with Crippen LogP contribution < -0.4 is 14.5 Å². The molecule has 0 spiro atoms. The van der Waals surface area contributed by atoms with Crippen molar-refractivity contribution in [3.8, 4) is 5.75 Å². The Kier molecular flexibility index (Phi) is 6.16. The van der Waals surface area contributed by atoms with Crippen molar-refractivity contribution < 1.29 is 17.9 Å². The van der Waals surface area contributed by atoms with Crippen LogP contribution in [-0.2, 0) is 14.8 Å². The highest BCUT2D eigenvalue weighted by atomic mass is 32.2. The first-order valence-electron chi connectivity index (χ1n) is 7.33. The van der Waals surface area contributed by atoms with Crippen molar-refractivity contribution in [1.82, 2.24) is 5.43 Å². The zero-order chi connectivity index (χ0) is 18.4. The number of anilines is 1. The molecule has 25 heavy (non-hydrogen) atoms. The molecule has 0 saturated heterocycles. The number of hydrogen-bond donors (Lipinski definition) is 1. The molecule has 0 saturated carbocycles. The third-order valence-corrected chi connectivity index (χ3v) is 5.37. The number of nitrogens with one attached hydrogen (secondary N) is 1. The number of ether oxygens (including phenoxy) is 1. The van der Waals surface area contributed by atoms with Crippen molar-refractivity contribution in [1.29, 1.82) is 0 Å². The summed E-state index contributed by atoms with van der Waals surface area (Å²) in [6.45, 7) is 1.50. The van der Waals surface area contributed by atoms with E-state index in [4.69, 9.17) is 4.74 Å². The number of rotatable bonds is 7. The molecule has 2 rings (SSSR count). The van der Waals surface area contributed by atoms with E-state index < -0.39 is 22.0 Å². The van der Waals surface area contributed by atoms with E-state index in [1.54, 1.807) is 24.3 Å². The maximum absolute atomic E-state index is 12.3. The lowest BCUT2D eigenvalue weighted by atomic mass is 10.2. The Hall–Kier alpha value is -2.39. The summed E-state index contributed by atoms with van der Waals surface area (Å²) in [7, 11) is -2.15. The highest BCUT2D eigenvalue weighted by Gasteiger charge is 2.29. The Morgan fingerprint density at radius 3 is 2.52 bits per heavy atom. The van der Waals surface area contributed by atoms with Crippen LogP contribution in [0.5, 0.6) is 5.75 Å². The van der Waals surface area contributed by atoms with E-state index in [2.05, 4.69) is 10.5 Å². The summed E-state index contributed by atoms with van der Waals surface area (Å²) >= 11 is 1.48. The summed E-state index contributed by atoms with van der Waals surface area (Å²) in [5, 5.41) is 5.75. The van der Waals surface area contributed by atoms with Gasteiger partial charge in [0.1, 0.15) is 11.8 Å². The molecular formula is C16H19N3O4S2. The fraction of sp³-hybridized carbons (Fsp3) is 0.250. The molecule has 9 heteroatoms. The minimum atomic E-state index is -3.67. The zero-order valence-electron chi connectivity index (χ0n) is 14.0. The van der Waals surface area contributed by atoms with Gasteiger partial charge in [-0.1, -0.05) is 6.07 Å². The maximum Gasteiger partial charge on any atom is 0.263 e. The molecule has 134 valence electrons. The summed E-state index contributed by atoms with van der Waals surface area (Å²) in [4.78, 5) is 13.2. The third kappa shape index (κ3) is 5.04. The fourth-order valence-electron chi connectivity index (χ4n) is 2.16. The molecule has 1 N–H and O–H groups in total. The third-order valence-electron chi connectivity index (χ3n) is 3.33. The van der Waals surface area contributed by atoms with Crippen LogP contribution in [-0.4, -0.2) is 39.9 Å². The number of sulfonamides is 1. The number of carbonyl (C=O) groups excluding carboxylic acids is 1. The predicted octanol–water partition coefficient (Wildman–Crippen LogP) is 2.06. The molecule has 7 nitrogen and oxygen atoms in total. The van der Waals surface area contributed by atoms with Gasteiger partial charge in [-0.2, -0.15) is 5.10 Å². The summed E-state index contributed by atoms with van der Waals surface area (Å²) in [5.74, 6) is 0.0592. The van der Waals surface area contributed by atoms with E-state index in [-0.39, 0.29) is 0 Å². The van der Waals surface area contributed by atoms with E-state index in [0.29, 0.717) is 11.4 Å². The van der Waals surface area contributed by atoms with Crippen LogP contribution in [0, 0.1) is 0 Å². The number of methoxy groups -OCH3 is 1. The van der Waals surface area contributed by atoms with Gasteiger partial charge in [-0.15, -0.1) is 11.3 Å². The number of thiophene rings is 1. The van der Waals surface area contributed by atoms with Crippen molar-refractivity contribution in [2.24, 2.45) is 5.10 Å². The van der Waals surface area contributed by atoms with Gasteiger partial charge >= 0.3 is 0 Å². The van der Waals surface area contributed by atoms with Gasteiger partial charge in [-0.25, -0.2) is 13.8 Å². The Labute approximate surface area is 151 Å². The second-order valence-corrected chi connectivity index (χ2v) is 8.02. The maximum atomic E-state index is 12.3. The van der Waals surface area contributed by atoms with Crippen LogP contribution in [0.15, 0.2) is 46.9 Å². The van der Waals surface area contributed by atoms with Gasteiger partial charge in [0.15, 0.2) is 0 Å². The van der Waals surface area contributed by atoms with Crippen LogP contribution >= 0.6 is 11.3 Å². The summed E-state index contributed by atoms with van der Waals surface area (Å²) in [5.41, 5.74) is 2.74. The molecule has 0 fully saturated rings. The van der Waals surface area contributed by atoms with Crippen molar-refractivity contribution in [2.75, 3.05) is 17.7 Å². The number of hydrogen-bond acceptors (Lipinski definition) is 6. The fourth-order valence-corrected chi connectivity index (χ4v) is 3.92. The normalized spacial score (nSPS) is 12.8. The Bertz CT molecular complexity index is 831. The molecule has 0 aliphatic rings. The van der Waals surface area contributed by atoms with Gasteiger partial charge in [-0.3, -0.25) is 9.10 Å². The van der Waals surface area contributed by atoms with Gasteiger partial charge in [0, 0.05) is 4.88 Å². The van der Waals surface area contributed by atoms with E-state index in [1.807, 2.05) is 17.5 Å². The van der Waals surface area contributed by atoms with Crippen LogP contribution in [0.4, 0.5) is 5.69 Å². The highest BCUT2D eigenvalue weighted by Crippen LogP contribution is 2.23. The van der Waals surface area contributed by atoms with Crippen LogP contribution in [0.2, 0.25) is 0 Å². The second-order valence-electron chi connectivity index (χ2n) is 5.18. The SMILES string of the molecule is COc1ccc(N([C@@H](C)C(=O)N/N=C\c2cccs2)S(C)(=O)=O)cc1. The van der Waals surface area contributed by atoms with Gasteiger partial charge in [0.2, 0.25) is 10.0 Å². The van der Waals surface area contributed by atoms with Crippen molar-refractivity contribution >= 4 is 39.2 Å². The molecule has 0 aliphatic carbocycles. The minimum absolute atomic E-state index is 0.369. The Morgan fingerprint density at radius 1 is 1.32 bits per heavy atom. The van der Waals surface area contributed by atoms with Gasteiger partial charge in [0.05, 0.1) is 25.3 Å². The number of amides is 1. The molecule has 0 bridgehead atoms. The molecule has 1 heterocycles. The molecule has 1 aromatic heterocycles. The number of nitrogens with zero attached hydrogens (tertiary/aromatic N) is 2. The average molecular weight is 381 g/mol. The summed E-state index contributed by atoms with van der Waals surface area (Å²) < 4.78 is 30.5. The second kappa shape index (κ2) is 8.13. The largest absolute Gasteiger partial charge is 0.497 e. The molecule has 0 unspecified atom stereocenters. The van der Waals surface area contributed by atoms with E-state index in [0.717, 1.165) is 15.4 Å². The average Bonchev–Trinajstić information content (AvgIpc) is 3.07. The molecular weight excluding hydrogens is 362 g/mol. The first-order valence-corrected chi connectivity index (χ1v) is 10.1. The summed E-state index contributed by atoms with van der Waals surface area (Å²) in [6, 6.07) is 9.18. The van der Waals surface area contributed by atoms with Crippen LogP contribution in [0.25, 0.3) is 0 Å². The lowest BCUT2D eigenvalue weighted by Gasteiger charge is -2.27. The van der Waals surface area contributed by atoms with E-state index in [9.17, 15) is 13.2 Å². The Morgan fingerprint density at radius 2 is 2.00 bits per heavy atom. The number of benzene rings is 1. The first kappa shape index (κ1) is 18.9. The van der Waals surface area contributed by atoms with E-state index >= 15 is 0 Å². The monoisotopic (exact) mass is 381 g/mol. The quantitative estimate of drug-likeness (QED) is 0.587. The minimum Gasteiger partial charge on any atom is -0.497 e. The van der Waals surface area contributed by atoms with Gasteiger partial charge < -0.3 is 4.74 Å². The predicted molar refractivity (Wildman–Crippen MR) is 99.8 cm³/mol. The molecule has 0 aliphatic heterocycles. The van der Waals surface area contributed by atoms with Crippen molar-refractivity contribution in [3.63, 3.8) is 0 Å². The van der Waals surface area contributed by atoms with Gasteiger partial charge in [-0.05, 0) is 42.6 Å². The lowest BCUT2D eigenvalue weighted by molar-refractivity contribution is -0.121. The zero-order valence-corrected chi connectivity index (χ0v) is 15.7. The first-order chi connectivity index (χ1) is 11.8. The molecule has 1 aromatic carbocycles.